The first-order chi connectivity index (χ1) is 8.79. The molecule has 0 aliphatic carbocycles. The van der Waals surface area contributed by atoms with Crippen molar-refractivity contribution in [2.75, 3.05) is 12.4 Å². The standard InChI is InChI=1S/C13H22N2O3S/c1-5-9(2)10(3)15-12-8-11(19(14,16)17)6-7-13(12)18-4/h6-10,15H,5H2,1-4H3,(H2,14,16,17). The molecule has 0 heterocycles. The highest BCUT2D eigenvalue weighted by Gasteiger charge is 2.15. The highest BCUT2D eigenvalue weighted by molar-refractivity contribution is 7.89. The zero-order valence-electron chi connectivity index (χ0n) is 11.8. The number of rotatable bonds is 6. The lowest BCUT2D eigenvalue weighted by atomic mass is 10.0. The average Bonchev–Trinajstić information content (AvgIpc) is 2.36. The van der Waals surface area contributed by atoms with E-state index < -0.39 is 10.0 Å². The SMILES string of the molecule is CCC(C)C(C)Nc1cc(S(N)(=O)=O)ccc1OC. The molecule has 1 aromatic carbocycles. The number of hydrogen-bond acceptors (Lipinski definition) is 4. The average molecular weight is 286 g/mol. The van der Waals surface area contributed by atoms with Crippen LogP contribution in [0.25, 0.3) is 0 Å². The zero-order valence-corrected chi connectivity index (χ0v) is 12.6. The molecular formula is C13H22N2O3S. The summed E-state index contributed by atoms with van der Waals surface area (Å²) in [6.45, 7) is 6.30. The van der Waals surface area contributed by atoms with E-state index in [1.165, 1.54) is 12.1 Å². The first kappa shape index (κ1) is 15.8. The van der Waals surface area contributed by atoms with Crippen molar-refractivity contribution >= 4 is 15.7 Å². The van der Waals surface area contributed by atoms with Gasteiger partial charge in [0.1, 0.15) is 5.75 Å². The van der Waals surface area contributed by atoms with Gasteiger partial charge in [0.05, 0.1) is 17.7 Å². The molecule has 1 aromatic rings. The van der Waals surface area contributed by atoms with Crippen LogP contribution in [0, 0.1) is 5.92 Å². The normalized spacial score (nSPS) is 14.8. The molecular weight excluding hydrogens is 264 g/mol. The highest BCUT2D eigenvalue weighted by atomic mass is 32.2. The molecule has 1 rings (SSSR count). The Balaban J connectivity index is 3.10. The Morgan fingerprint density at radius 3 is 2.47 bits per heavy atom. The molecule has 0 bridgehead atoms. The quantitative estimate of drug-likeness (QED) is 0.840. The van der Waals surface area contributed by atoms with Gasteiger partial charge in [-0.25, -0.2) is 13.6 Å². The number of sulfonamides is 1. The maximum Gasteiger partial charge on any atom is 0.238 e. The van der Waals surface area contributed by atoms with Gasteiger partial charge in [0.25, 0.3) is 0 Å². The van der Waals surface area contributed by atoms with Gasteiger partial charge in [-0.1, -0.05) is 20.3 Å². The molecule has 108 valence electrons. The van der Waals surface area contributed by atoms with Gasteiger partial charge < -0.3 is 10.1 Å². The van der Waals surface area contributed by atoms with Crippen LogP contribution < -0.4 is 15.2 Å². The maximum atomic E-state index is 11.4. The maximum absolute atomic E-state index is 11.4. The number of nitrogens with two attached hydrogens (primary N) is 1. The van der Waals surface area contributed by atoms with Crippen molar-refractivity contribution in [3.8, 4) is 5.75 Å². The smallest absolute Gasteiger partial charge is 0.238 e. The van der Waals surface area contributed by atoms with E-state index in [0.717, 1.165) is 6.42 Å². The largest absolute Gasteiger partial charge is 0.495 e. The molecule has 0 aromatic heterocycles. The van der Waals surface area contributed by atoms with E-state index in [-0.39, 0.29) is 10.9 Å². The Labute approximate surface area is 115 Å². The van der Waals surface area contributed by atoms with E-state index in [9.17, 15) is 8.42 Å². The van der Waals surface area contributed by atoms with Crippen LogP contribution in [0.5, 0.6) is 5.75 Å². The van der Waals surface area contributed by atoms with Crippen molar-refractivity contribution in [1.82, 2.24) is 0 Å². The van der Waals surface area contributed by atoms with Crippen LogP contribution in [-0.4, -0.2) is 21.6 Å². The zero-order chi connectivity index (χ0) is 14.6. The van der Waals surface area contributed by atoms with E-state index in [4.69, 9.17) is 9.88 Å². The fourth-order valence-electron chi connectivity index (χ4n) is 1.72. The molecule has 0 aliphatic heterocycles. The summed E-state index contributed by atoms with van der Waals surface area (Å²) in [5.74, 6) is 1.06. The third kappa shape index (κ3) is 4.11. The van der Waals surface area contributed by atoms with Gasteiger partial charge in [0.2, 0.25) is 10.0 Å². The lowest BCUT2D eigenvalue weighted by Gasteiger charge is -2.22. The molecule has 2 unspecified atom stereocenters. The molecule has 19 heavy (non-hydrogen) atoms. The second kappa shape index (κ2) is 6.25. The van der Waals surface area contributed by atoms with Crippen molar-refractivity contribution in [2.45, 2.75) is 38.1 Å². The molecule has 5 nitrogen and oxygen atoms in total. The number of benzene rings is 1. The highest BCUT2D eigenvalue weighted by Crippen LogP contribution is 2.28. The number of nitrogens with one attached hydrogen (secondary N) is 1. The fraction of sp³-hybridized carbons (Fsp3) is 0.538. The summed E-state index contributed by atoms with van der Waals surface area (Å²) in [7, 11) is -2.16. The van der Waals surface area contributed by atoms with Gasteiger partial charge in [-0.15, -0.1) is 0 Å². The summed E-state index contributed by atoms with van der Waals surface area (Å²) in [5.41, 5.74) is 0.641. The van der Waals surface area contributed by atoms with Gasteiger partial charge in [-0.3, -0.25) is 0 Å². The summed E-state index contributed by atoms with van der Waals surface area (Å²) in [4.78, 5) is 0.0761. The minimum atomic E-state index is -3.71. The Morgan fingerprint density at radius 2 is 2.00 bits per heavy atom. The van der Waals surface area contributed by atoms with Crippen molar-refractivity contribution in [2.24, 2.45) is 11.1 Å². The Morgan fingerprint density at radius 1 is 1.37 bits per heavy atom. The van der Waals surface area contributed by atoms with Crippen molar-refractivity contribution < 1.29 is 13.2 Å². The van der Waals surface area contributed by atoms with E-state index in [1.807, 2.05) is 0 Å². The van der Waals surface area contributed by atoms with Crippen molar-refractivity contribution in [3.63, 3.8) is 0 Å². The van der Waals surface area contributed by atoms with E-state index >= 15 is 0 Å². The molecule has 0 amide bonds. The van der Waals surface area contributed by atoms with Crippen LogP contribution in [0.2, 0.25) is 0 Å². The Hall–Kier alpha value is -1.27. The summed E-state index contributed by atoms with van der Waals surface area (Å²) in [6, 6.07) is 4.75. The molecule has 2 atom stereocenters. The summed E-state index contributed by atoms with van der Waals surface area (Å²) in [5, 5.41) is 8.42. The van der Waals surface area contributed by atoms with Gasteiger partial charge in [0.15, 0.2) is 0 Å². The predicted octanol–water partition coefficient (Wildman–Crippen LogP) is 2.19. The molecule has 0 saturated carbocycles. The monoisotopic (exact) mass is 286 g/mol. The first-order valence-electron chi connectivity index (χ1n) is 6.27. The number of hydrogen-bond donors (Lipinski definition) is 2. The van der Waals surface area contributed by atoms with E-state index in [0.29, 0.717) is 17.4 Å². The topological polar surface area (TPSA) is 81.4 Å². The van der Waals surface area contributed by atoms with Gasteiger partial charge in [-0.05, 0) is 31.0 Å². The number of anilines is 1. The van der Waals surface area contributed by atoms with Crippen LogP contribution in [0.15, 0.2) is 23.1 Å². The minimum Gasteiger partial charge on any atom is -0.495 e. The second-order valence-electron chi connectivity index (χ2n) is 4.73. The lowest BCUT2D eigenvalue weighted by Crippen LogP contribution is -2.23. The van der Waals surface area contributed by atoms with Gasteiger partial charge in [-0.2, -0.15) is 0 Å². The number of primary sulfonamides is 1. The minimum absolute atomic E-state index is 0.0761. The molecule has 0 saturated heterocycles. The fourth-order valence-corrected chi connectivity index (χ4v) is 2.26. The van der Waals surface area contributed by atoms with Crippen LogP contribution >= 0.6 is 0 Å². The van der Waals surface area contributed by atoms with Gasteiger partial charge in [0, 0.05) is 6.04 Å². The molecule has 0 radical (unpaired) electrons. The summed E-state index contributed by atoms with van der Waals surface area (Å²) >= 11 is 0. The van der Waals surface area contributed by atoms with Crippen LogP contribution in [0.3, 0.4) is 0 Å². The molecule has 0 fully saturated rings. The summed E-state index contributed by atoms with van der Waals surface area (Å²) < 4.78 is 28.0. The van der Waals surface area contributed by atoms with Crippen LogP contribution in [0.4, 0.5) is 5.69 Å². The summed E-state index contributed by atoms with van der Waals surface area (Å²) in [6.07, 6.45) is 1.03. The number of methoxy groups -OCH3 is 1. The van der Waals surface area contributed by atoms with Crippen molar-refractivity contribution in [3.05, 3.63) is 18.2 Å². The Bertz CT molecular complexity index is 529. The second-order valence-corrected chi connectivity index (χ2v) is 6.29. The van der Waals surface area contributed by atoms with Crippen LogP contribution in [-0.2, 0) is 10.0 Å². The lowest BCUT2D eigenvalue weighted by molar-refractivity contribution is 0.414. The van der Waals surface area contributed by atoms with Crippen LogP contribution in [0.1, 0.15) is 27.2 Å². The first-order valence-corrected chi connectivity index (χ1v) is 7.81. The molecule has 6 heteroatoms. The van der Waals surface area contributed by atoms with Gasteiger partial charge >= 0.3 is 0 Å². The predicted molar refractivity (Wildman–Crippen MR) is 76.9 cm³/mol. The molecule has 3 N–H and O–H groups in total. The number of ether oxygens (including phenoxy) is 1. The van der Waals surface area contributed by atoms with E-state index in [2.05, 4.69) is 26.1 Å². The molecule has 0 spiro atoms. The van der Waals surface area contributed by atoms with E-state index in [1.54, 1.807) is 13.2 Å². The third-order valence-electron chi connectivity index (χ3n) is 3.38. The Kier molecular flexibility index (Phi) is 5.20. The van der Waals surface area contributed by atoms with Crippen molar-refractivity contribution in [1.29, 1.82) is 0 Å². The molecule has 0 aliphatic rings. The third-order valence-corrected chi connectivity index (χ3v) is 4.29.